The van der Waals surface area contributed by atoms with Crippen LogP contribution in [0, 0.1) is 0 Å². The fourth-order valence-corrected chi connectivity index (χ4v) is 2.36. The van der Waals surface area contributed by atoms with Gasteiger partial charge in [-0.05, 0) is 35.2 Å². The number of ether oxygens (including phenoxy) is 2. The van der Waals surface area contributed by atoms with E-state index in [1.165, 1.54) is 24.5 Å². The van der Waals surface area contributed by atoms with Gasteiger partial charge in [-0.2, -0.15) is 0 Å². The summed E-state index contributed by atoms with van der Waals surface area (Å²) in [5.41, 5.74) is 0.754. The molecule has 1 aromatic heterocycles. The maximum Gasteiger partial charge on any atom is 0.341 e. The molecule has 1 heterocycles. The largest absolute Gasteiger partial charge is 0.493 e. The van der Waals surface area contributed by atoms with Crippen LogP contribution >= 0.6 is 11.3 Å². The van der Waals surface area contributed by atoms with E-state index in [0.29, 0.717) is 16.4 Å². The van der Waals surface area contributed by atoms with Gasteiger partial charge in [0.1, 0.15) is 0 Å². The molecule has 0 bridgehead atoms. The molecule has 22 heavy (non-hydrogen) atoms. The number of allylic oxidation sites excluding steroid dienone is 1. The molecule has 0 spiro atoms. The fraction of sp³-hybridized carbons (Fsp3) is 0.125. The van der Waals surface area contributed by atoms with Gasteiger partial charge in [-0.3, -0.25) is 4.79 Å². The summed E-state index contributed by atoms with van der Waals surface area (Å²) in [5.74, 6) is -0.383. The van der Waals surface area contributed by atoms with Crippen molar-refractivity contribution in [2.24, 2.45) is 0 Å². The molecule has 0 amide bonds. The molecular weight excluding hydrogens is 304 g/mol. The van der Waals surface area contributed by atoms with Crippen LogP contribution in [-0.2, 0) is 4.79 Å². The molecule has 0 aliphatic carbocycles. The summed E-state index contributed by atoms with van der Waals surface area (Å²) in [6, 6.07) is 8.59. The first-order valence-corrected chi connectivity index (χ1v) is 7.26. The van der Waals surface area contributed by atoms with Gasteiger partial charge in [-0.15, -0.1) is 11.3 Å². The average molecular weight is 318 g/mol. The van der Waals surface area contributed by atoms with Gasteiger partial charge in [0, 0.05) is 0 Å². The number of aliphatic carboxylic acids is 1. The zero-order valence-corrected chi connectivity index (χ0v) is 12.6. The Bertz CT molecular complexity index is 689. The zero-order chi connectivity index (χ0) is 15.9. The van der Waals surface area contributed by atoms with Gasteiger partial charge >= 0.3 is 5.97 Å². The lowest BCUT2D eigenvalue weighted by atomic mass is 10.1. The molecule has 0 saturated heterocycles. The Kier molecular flexibility index (Phi) is 5.32. The number of rotatable bonds is 7. The number of carboxylic acids is 1. The Labute approximate surface area is 131 Å². The van der Waals surface area contributed by atoms with Crippen molar-refractivity contribution in [3.05, 3.63) is 52.2 Å². The number of carboxylic acid groups (broad SMARTS) is 1. The molecule has 5 nitrogen and oxygen atoms in total. The van der Waals surface area contributed by atoms with E-state index in [2.05, 4.69) is 0 Å². The summed E-state index contributed by atoms with van der Waals surface area (Å²) >= 11 is 1.38. The van der Waals surface area contributed by atoms with Crippen LogP contribution in [0.2, 0.25) is 0 Å². The lowest BCUT2D eigenvalue weighted by Gasteiger charge is -2.09. The van der Waals surface area contributed by atoms with Crippen molar-refractivity contribution in [3.8, 4) is 11.5 Å². The third kappa shape index (κ3) is 4.20. The molecule has 2 aromatic rings. The normalized spacial score (nSPS) is 10.6. The third-order valence-electron chi connectivity index (χ3n) is 2.73. The fourth-order valence-electron chi connectivity index (χ4n) is 1.72. The molecule has 0 unspecified atom stereocenters. The van der Waals surface area contributed by atoms with Crippen molar-refractivity contribution in [1.29, 1.82) is 0 Å². The molecule has 0 atom stereocenters. The van der Waals surface area contributed by atoms with Gasteiger partial charge < -0.3 is 14.6 Å². The number of carbonyl (C=O) groups is 2. The van der Waals surface area contributed by atoms with Crippen molar-refractivity contribution in [2.45, 2.75) is 0 Å². The second kappa shape index (κ2) is 7.42. The Morgan fingerprint density at radius 1 is 1.27 bits per heavy atom. The van der Waals surface area contributed by atoms with Gasteiger partial charge in [-0.25, -0.2) is 4.79 Å². The van der Waals surface area contributed by atoms with Gasteiger partial charge in [0.2, 0.25) is 0 Å². The van der Waals surface area contributed by atoms with E-state index in [1.54, 1.807) is 30.3 Å². The Morgan fingerprint density at radius 2 is 2.09 bits per heavy atom. The van der Waals surface area contributed by atoms with Gasteiger partial charge in [0.05, 0.1) is 12.0 Å². The van der Waals surface area contributed by atoms with Crippen molar-refractivity contribution in [1.82, 2.24) is 0 Å². The smallest absolute Gasteiger partial charge is 0.341 e. The molecule has 0 aliphatic rings. The van der Waals surface area contributed by atoms with Crippen LogP contribution in [0.1, 0.15) is 15.2 Å². The molecule has 1 N–H and O–H groups in total. The van der Waals surface area contributed by atoms with Gasteiger partial charge in [0.15, 0.2) is 23.9 Å². The summed E-state index contributed by atoms with van der Waals surface area (Å²) < 4.78 is 10.3. The maximum absolute atomic E-state index is 11.9. The quantitative estimate of drug-likeness (QED) is 0.627. The van der Waals surface area contributed by atoms with Gasteiger partial charge in [-0.1, -0.05) is 18.2 Å². The minimum Gasteiger partial charge on any atom is -0.493 e. The van der Waals surface area contributed by atoms with Crippen molar-refractivity contribution >= 4 is 29.2 Å². The molecule has 0 aliphatic heterocycles. The van der Waals surface area contributed by atoms with Crippen LogP contribution < -0.4 is 9.47 Å². The summed E-state index contributed by atoms with van der Waals surface area (Å²) in [6.45, 7) is -0.442. The summed E-state index contributed by atoms with van der Waals surface area (Å²) in [6.07, 6.45) is 3.16. The second-order valence-corrected chi connectivity index (χ2v) is 5.22. The lowest BCUT2D eigenvalue weighted by Crippen LogP contribution is -2.10. The Balaban J connectivity index is 2.12. The summed E-state index contributed by atoms with van der Waals surface area (Å²) in [4.78, 5) is 23.1. The first-order chi connectivity index (χ1) is 10.6. The molecule has 2 rings (SSSR count). The highest BCUT2D eigenvalue weighted by Crippen LogP contribution is 2.28. The van der Waals surface area contributed by atoms with E-state index in [1.807, 2.05) is 11.4 Å². The summed E-state index contributed by atoms with van der Waals surface area (Å²) in [7, 11) is 1.47. The van der Waals surface area contributed by atoms with E-state index in [0.717, 1.165) is 5.56 Å². The van der Waals surface area contributed by atoms with Crippen molar-refractivity contribution in [2.75, 3.05) is 13.7 Å². The van der Waals surface area contributed by atoms with E-state index in [4.69, 9.17) is 14.6 Å². The van der Waals surface area contributed by atoms with E-state index in [-0.39, 0.29) is 5.78 Å². The minimum atomic E-state index is -1.06. The highest BCUT2D eigenvalue weighted by atomic mass is 32.1. The maximum atomic E-state index is 11.9. The Morgan fingerprint density at radius 3 is 2.73 bits per heavy atom. The molecule has 0 saturated carbocycles. The number of benzene rings is 1. The number of methoxy groups -OCH3 is 1. The predicted octanol–water partition coefficient (Wildman–Crippen LogP) is 3.12. The Hall–Kier alpha value is -2.60. The number of hydrogen-bond donors (Lipinski definition) is 1. The number of carbonyl (C=O) groups excluding carboxylic acids is 1. The van der Waals surface area contributed by atoms with Crippen LogP contribution in [0.5, 0.6) is 11.5 Å². The highest BCUT2D eigenvalue weighted by molar-refractivity contribution is 7.12. The van der Waals surface area contributed by atoms with Gasteiger partial charge in [0.25, 0.3) is 0 Å². The highest BCUT2D eigenvalue weighted by Gasteiger charge is 2.07. The molecule has 1 aromatic carbocycles. The standard InChI is InChI=1S/C16H14O5S/c1-20-14-9-11(5-7-13(14)21-10-16(18)19)4-6-12(17)15-3-2-8-22-15/h2-9H,10H2,1H3,(H,18,19)/b6-4+. The van der Waals surface area contributed by atoms with Crippen LogP contribution in [0.15, 0.2) is 41.8 Å². The number of ketones is 1. The van der Waals surface area contributed by atoms with Crippen LogP contribution in [0.3, 0.4) is 0 Å². The number of thiophene rings is 1. The molecule has 0 fully saturated rings. The van der Waals surface area contributed by atoms with E-state index >= 15 is 0 Å². The SMILES string of the molecule is COc1cc(/C=C/C(=O)c2cccs2)ccc1OCC(=O)O. The van der Waals surface area contributed by atoms with Crippen molar-refractivity contribution < 1.29 is 24.2 Å². The van der Waals surface area contributed by atoms with Crippen molar-refractivity contribution in [3.63, 3.8) is 0 Å². The lowest BCUT2D eigenvalue weighted by molar-refractivity contribution is -0.139. The monoisotopic (exact) mass is 318 g/mol. The first-order valence-electron chi connectivity index (χ1n) is 6.38. The topological polar surface area (TPSA) is 72.8 Å². The average Bonchev–Trinajstić information content (AvgIpc) is 3.05. The molecule has 114 valence electrons. The zero-order valence-electron chi connectivity index (χ0n) is 11.8. The molecule has 6 heteroatoms. The van der Waals surface area contributed by atoms with E-state index in [9.17, 15) is 9.59 Å². The number of hydrogen-bond acceptors (Lipinski definition) is 5. The molecular formula is C16H14O5S. The third-order valence-corrected chi connectivity index (χ3v) is 3.61. The minimum absolute atomic E-state index is 0.0693. The van der Waals surface area contributed by atoms with Crippen LogP contribution in [0.4, 0.5) is 0 Å². The predicted molar refractivity (Wildman–Crippen MR) is 83.8 cm³/mol. The summed E-state index contributed by atoms with van der Waals surface area (Å²) in [5, 5.41) is 10.5. The van der Waals surface area contributed by atoms with Crippen LogP contribution in [-0.4, -0.2) is 30.6 Å². The molecule has 0 radical (unpaired) electrons. The van der Waals surface area contributed by atoms with E-state index < -0.39 is 12.6 Å². The second-order valence-electron chi connectivity index (χ2n) is 4.27. The van der Waals surface area contributed by atoms with Crippen LogP contribution in [0.25, 0.3) is 6.08 Å². The first kappa shape index (κ1) is 15.8.